The van der Waals surface area contributed by atoms with E-state index in [1.54, 1.807) is 0 Å². The van der Waals surface area contributed by atoms with Crippen molar-refractivity contribution in [2.24, 2.45) is 0 Å². The Balaban J connectivity index is 1.89. The molecule has 0 spiro atoms. The van der Waals surface area contributed by atoms with Crippen LogP contribution in [0.15, 0.2) is 91.0 Å². The molecule has 26 heavy (non-hydrogen) atoms. The Bertz CT molecular complexity index is 730. The number of rotatable bonds is 8. The molecule has 1 atom stereocenters. The minimum absolute atomic E-state index is 0.0506. The molecule has 0 bridgehead atoms. The van der Waals surface area contributed by atoms with E-state index in [1.165, 1.54) is 5.56 Å². The van der Waals surface area contributed by atoms with E-state index in [2.05, 4.69) is 53.8 Å². The maximum absolute atomic E-state index is 11.8. The lowest BCUT2D eigenvalue weighted by Gasteiger charge is -2.37. The van der Waals surface area contributed by atoms with Crippen molar-refractivity contribution in [3.63, 3.8) is 0 Å². The lowest BCUT2D eigenvalue weighted by Crippen LogP contribution is -2.54. The zero-order chi connectivity index (χ0) is 18.2. The molecule has 2 nitrogen and oxygen atoms in total. The highest BCUT2D eigenvalue weighted by atomic mass is 16.3. The molecule has 3 aromatic rings. The van der Waals surface area contributed by atoms with Gasteiger partial charge in [-0.2, -0.15) is 0 Å². The van der Waals surface area contributed by atoms with Crippen LogP contribution in [0.4, 0.5) is 0 Å². The predicted octanol–water partition coefficient (Wildman–Crippen LogP) is 4.03. The fourth-order valence-corrected chi connectivity index (χ4v) is 3.62. The van der Waals surface area contributed by atoms with E-state index in [1.807, 2.05) is 49.5 Å². The molecule has 3 aromatic carbocycles. The Kier molecular flexibility index (Phi) is 6.21. The average molecular weight is 345 g/mol. The lowest BCUT2D eigenvalue weighted by atomic mass is 9.79. The monoisotopic (exact) mass is 345 g/mol. The van der Waals surface area contributed by atoms with Gasteiger partial charge in [0.05, 0.1) is 5.60 Å². The first-order valence-corrected chi connectivity index (χ1v) is 9.21. The zero-order valence-corrected chi connectivity index (χ0v) is 15.3. The van der Waals surface area contributed by atoms with Crippen LogP contribution >= 0.6 is 0 Å². The number of hydrogen-bond acceptors (Lipinski definition) is 2. The summed E-state index contributed by atoms with van der Waals surface area (Å²) in [5, 5.41) is 15.2. The van der Waals surface area contributed by atoms with Gasteiger partial charge in [-0.15, -0.1) is 0 Å². The summed E-state index contributed by atoms with van der Waals surface area (Å²) in [7, 11) is 1.94. The Morgan fingerprint density at radius 3 is 1.46 bits per heavy atom. The van der Waals surface area contributed by atoms with E-state index in [-0.39, 0.29) is 6.04 Å². The van der Waals surface area contributed by atoms with Gasteiger partial charge in [0.15, 0.2) is 0 Å². The molecule has 3 rings (SSSR count). The number of likely N-dealkylation sites (N-methyl/N-ethyl adjacent to an activating group) is 1. The average Bonchev–Trinajstić information content (AvgIpc) is 2.68. The molecule has 0 amide bonds. The SMILES string of the molecule is CN[C@H](Cc1ccccc1)C(O)(Cc1ccccc1)Cc1ccccc1. The van der Waals surface area contributed by atoms with E-state index in [0.717, 1.165) is 17.5 Å². The van der Waals surface area contributed by atoms with Gasteiger partial charge in [-0.05, 0) is 30.2 Å². The summed E-state index contributed by atoms with van der Waals surface area (Å²) in [5.74, 6) is 0. The second kappa shape index (κ2) is 8.79. The van der Waals surface area contributed by atoms with Crippen molar-refractivity contribution in [3.8, 4) is 0 Å². The fourth-order valence-electron chi connectivity index (χ4n) is 3.62. The Morgan fingerprint density at radius 1 is 0.692 bits per heavy atom. The quantitative estimate of drug-likeness (QED) is 0.646. The highest BCUT2D eigenvalue weighted by molar-refractivity contribution is 5.25. The molecule has 2 heteroatoms. The lowest BCUT2D eigenvalue weighted by molar-refractivity contribution is 0.00412. The summed E-state index contributed by atoms with van der Waals surface area (Å²) < 4.78 is 0. The van der Waals surface area contributed by atoms with Gasteiger partial charge in [0.1, 0.15) is 0 Å². The first kappa shape index (κ1) is 18.4. The summed E-state index contributed by atoms with van der Waals surface area (Å²) in [6.45, 7) is 0. The molecule has 0 aromatic heterocycles. The van der Waals surface area contributed by atoms with Crippen LogP contribution in [-0.2, 0) is 19.3 Å². The summed E-state index contributed by atoms with van der Waals surface area (Å²) in [6.07, 6.45) is 2.01. The van der Waals surface area contributed by atoms with Gasteiger partial charge in [-0.25, -0.2) is 0 Å². The standard InChI is InChI=1S/C24H27NO/c1-25-23(17-20-11-5-2-6-12-20)24(26,18-21-13-7-3-8-14-21)19-22-15-9-4-10-16-22/h2-16,23,25-26H,17-19H2,1H3/t23-/m1/s1. The normalized spacial score (nSPS) is 12.7. The maximum atomic E-state index is 11.8. The molecule has 2 N–H and O–H groups in total. The van der Waals surface area contributed by atoms with Gasteiger partial charge in [-0.3, -0.25) is 0 Å². The molecular weight excluding hydrogens is 318 g/mol. The van der Waals surface area contributed by atoms with E-state index in [0.29, 0.717) is 12.8 Å². The van der Waals surface area contributed by atoms with Gasteiger partial charge in [0.2, 0.25) is 0 Å². The third kappa shape index (κ3) is 4.81. The third-order valence-corrected chi connectivity index (χ3v) is 4.99. The van der Waals surface area contributed by atoms with Crippen molar-refractivity contribution in [2.75, 3.05) is 7.05 Å². The molecule has 0 unspecified atom stereocenters. The van der Waals surface area contributed by atoms with E-state index < -0.39 is 5.60 Å². The van der Waals surface area contributed by atoms with Crippen molar-refractivity contribution >= 4 is 0 Å². The second-order valence-corrected chi connectivity index (χ2v) is 6.96. The maximum Gasteiger partial charge on any atom is 0.0883 e. The second-order valence-electron chi connectivity index (χ2n) is 6.96. The fraction of sp³-hybridized carbons (Fsp3) is 0.250. The Labute approximate surface area is 156 Å². The van der Waals surface area contributed by atoms with Gasteiger partial charge >= 0.3 is 0 Å². The van der Waals surface area contributed by atoms with Crippen LogP contribution in [0.1, 0.15) is 16.7 Å². The van der Waals surface area contributed by atoms with Crippen LogP contribution in [0.3, 0.4) is 0 Å². The van der Waals surface area contributed by atoms with Crippen LogP contribution in [0.25, 0.3) is 0 Å². The topological polar surface area (TPSA) is 32.3 Å². The molecule has 0 aliphatic rings. The van der Waals surface area contributed by atoms with Gasteiger partial charge in [-0.1, -0.05) is 91.0 Å². The Morgan fingerprint density at radius 2 is 1.08 bits per heavy atom. The molecular formula is C24H27NO. The van der Waals surface area contributed by atoms with Crippen molar-refractivity contribution < 1.29 is 5.11 Å². The minimum Gasteiger partial charge on any atom is -0.388 e. The number of aliphatic hydroxyl groups is 1. The molecule has 0 aliphatic carbocycles. The van der Waals surface area contributed by atoms with E-state index in [4.69, 9.17) is 0 Å². The minimum atomic E-state index is -0.882. The largest absolute Gasteiger partial charge is 0.388 e. The first-order chi connectivity index (χ1) is 12.7. The van der Waals surface area contributed by atoms with E-state index >= 15 is 0 Å². The van der Waals surface area contributed by atoms with Crippen LogP contribution in [0.5, 0.6) is 0 Å². The van der Waals surface area contributed by atoms with Crippen molar-refractivity contribution in [2.45, 2.75) is 30.9 Å². The van der Waals surface area contributed by atoms with Crippen LogP contribution in [-0.4, -0.2) is 23.8 Å². The molecule has 0 aliphatic heterocycles. The summed E-state index contributed by atoms with van der Waals surface area (Å²) in [5.41, 5.74) is 2.65. The summed E-state index contributed by atoms with van der Waals surface area (Å²) >= 11 is 0. The summed E-state index contributed by atoms with van der Waals surface area (Å²) in [6, 6.07) is 30.8. The molecule has 0 saturated carbocycles. The highest BCUT2D eigenvalue weighted by Crippen LogP contribution is 2.25. The number of hydrogen-bond donors (Lipinski definition) is 2. The zero-order valence-electron chi connectivity index (χ0n) is 15.3. The van der Waals surface area contributed by atoms with Crippen molar-refractivity contribution in [1.82, 2.24) is 5.32 Å². The third-order valence-electron chi connectivity index (χ3n) is 4.99. The number of nitrogens with one attached hydrogen (secondary N) is 1. The number of benzene rings is 3. The first-order valence-electron chi connectivity index (χ1n) is 9.21. The van der Waals surface area contributed by atoms with Gasteiger partial charge in [0, 0.05) is 18.9 Å². The molecule has 134 valence electrons. The summed E-state index contributed by atoms with van der Waals surface area (Å²) in [4.78, 5) is 0. The van der Waals surface area contributed by atoms with Gasteiger partial charge in [0.25, 0.3) is 0 Å². The van der Waals surface area contributed by atoms with Crippen molar-refractivity contribution in [1.29, 1.82) is 0 Å². The molecule has 0 heterocycles. The smallest absolute Gasteiger partial charge is 0.0883 e. The van der Waals surface area contributed by atoms with Crippen LogP contribution in [0, 0.1) is 0 Å². The van der Waals surface area contributed by atoms with Gasteiger partial charge < -0.3 is 10.4 Å². The van der Waals surface area contributed by atoms with Crippen LogP contribution in [0.2, 0.25) is 0 Å². The van der Waals surface area contributed by atoms with E-state index in [9.17, 15) is 5.11 Å². The Hall–Kier alpha value is -2.42. The molecule has 0 fully saturated rings. The molecule has 0 radical (unpaired) electrons. The highest BCUT2D eigenvalue weighted by Gasteiger charge is 2.36. The molecule has 0 saturated heterocycles. The predicted molar refractivity (Wildman–Crippen MR) is 108 cm³/mol. The van der Waals surface area contributed by atoms with Crippen molar-refractivity contribution in [3.05, 3.63) is 108 Å². The van der Waals surface area contributed by atoms with Crippen LogP contribution < -0.4 is 5.32 Å².